The van der Waals surface area contributed by atoms with E-state index in [1.807, 2.05) is 24.3 Å². The molecule has 1 saturated heterocycles. The van der Waals surface area contributed by atoms with Crippen LogP contribution in [0.4, 0.5) is 11.4 Å². The quantitative estimate of drug-likeness (QED) is 0.712. The van der Waals surface area contributed by atoms with Gasteiger partial charge in [0, 0.05) is 18.4 Å². The second kappa shape index (κ2) is 7.16. The van der Waals surface area contributed by atoms with Gasteiger partial charge in [-0.15, -0.1) is 0 Å². The fourth-order valence-electron chi connectivity index (χ4n) is 3.51. The summed E-state index contributed by atoms with van der Waals surface area (Å²) in [5, 5.41) is 1.50. The Kier molecular flexibility index (Phi) is 4.68. The minimum absolute atomic E-state index is 0.00682. The van der Waals surface area contributed by atoms with Crippen molar-refractivity contribution in [3.63, 3.8) is 0 Å². The molecule has 3 aromatic carbocycles. The van der Waals surface area contributed by atoms with Crippen molar-refractivity contribution >= 4 is 38.1 Å². The number of nitrogens with one attached hydrogen (secondary N) is 1. The Morgan fingerprint density at radius 2 is 1.82 bits per heavy atom. The van der Waals surface area contributed by atoms with Gasteiger partial charge in [-0.2, -0.15) is 0 Å². The molecule has 0 spiro atoms. The molecule has 0 atom stereocenters. The highest BCUT2D eigenvalue weighted by Gasteiger charge is 2.25. The summed E-state index contributed by atoms with van der Waals surface area (Å²) in [5.41, 5.74) is 0.951. The Labute approximate surface area is 163 Å². The van der Waals surface area contributed by atoms with Gasteiger partial charge in [-0.25, -0.2) is 8.42 Å². The van der Waals surface area contributed by atoms with E-state index in [-0.39, 0.29) is 10.8 Å². The summed E-state index contributed by atoms with van der Waals surface area (Å²) in [5.74, 6) is 0.538. The Bertz CT molecular complexity index is 1150. The third-order valence-electron chi connectivity index (χ3n) is 4.83. The number of rotatable bonds is 5. The molecule has 0 aliphatic carbocycles. The molecule has 3 aromatic rings. The van der Waals surface area contributed by atoms with Crippen LogP contribution in [0.5, 0.6) is 5.75 Å². The summed E-state index contributed by atoms with van der Waals surface area (Å²) in [7, 11) is -2.28. The average Bonchev–Trinajstić information content (AvgIpc) is 3.13. The van der Waals surface area contributed by atoms with Crippen LogP contribution in [0.15, 0.2) is 65.6 Å². The van der Waals surface area contributed by atoms with E-state index < -0.39 is 10.0 Å². The van der Waals surface area contributed by atoms with Gasteiger partial charge in [0.05, 0.1) is 23.4 Å². The molecule has 0 aromatic heterocycles. The highest BCUT2D eigenvalue weighted by Crippen LogP contribution is 2.35. The predicted molar refractivity (Wildman–Crippen MR) is 109 cm³/mol. The first-order valence-corrected chi connectivity index (χ1v) is 10.5. The summed E-state index contributed by atoms with van der Waals surface area (Å²) in [6.07, 6.45) is 1.25. The van der Waals surface area contributed by atoms with Crippen LogP contribution in [0.2, 0.25) is 0 Å². The first-order valence-electron chi connectivity index (χ1n) is 8.98. The molecule has 4 rings (SSSR count). The lowest BCUT2D eigenvalue weighted by Gasteiger charge is -2.20. The van der Waals surface area contributed by atoms with Crippen molar-refractivity contribution in [3.05, 3.63) is 60.7 Å². The second-order valence-corrected chi connectivity index (χ2v) is 8.27. The lowest BCUT2D eigenvalue weighted by Crippen LogP contribution is -2.24. The van der Waals surface area contributed by atoms with E-state index in [0.717, 1.165) is 11.8 Å². The van der Waals surface area contributed by atoms with Gasteiger partial charge >= 0.3 is 0 Å². The molecule has 1 heterocycles. The van der Waals surface area contributed by atoms with E-state index in [9.17, 15) is 13.2 Å². The van der Waals surface area contributed by atoms with Gasteiger partial charge in [-0.3, -0.25) is 9.52 Å². The fourth-order valence-corrected chi connectivity index (χ4v) is 4.79. The number of hydrogen-bond acceptors (Lipinski definition) is 4. The number of sulfonamides is 1. The standard InChI is InChI=1S/C21H20N2O4S/c1-27-19-12-11-16(14-18(19)23-13-5-10-21(23)24)22-28(25,26)20-9-4-7-15-6-2-3-8-17(15)20/h2-4,6-9,11-12,14,22H,5,10,13H2,1H3. The zero-order valence-electron chi connectivity index (χ0n) is 15.4. The van der Waals surface area contributed by atoms with Crippen LogP contribution in [0.3, 0.4) is 0 Å². The maximum Gasteiger partial charge on any atom is 0.262 e. The number of hydrogen-bond donors (Lipinski definition) is 1. The number of fused-ring (bicyclic) bond motifs is 1. The van der Waals surface area contributed by atoms with Crippen molar-refractivity contribution < 1.29 is 17.9 Å². The number of benzene rings is 3. The number of ether oxygens (including phenoxy) is 1. The first-order chi connectivity index (χ1) is 13.5. The Hall–Kier alpha value is -3.06. The number of methoxy groups -OCH3 is 1. The van der Waals surface area contributed by atoms with E-state index in [0.29, 0.717) is 35.5 Å². The predicted octanol–water partition coefficient (Wildman–Crippen LogP) is 3.78. The molecule has 1 aliphatic rings. The Morgan fingerprint density at radius 3 is 2.57 bits per heavy atom. The van der Waals surface area contributed by atoms with Gasteiger partial charge < -0.3 is 9.64 Å². The molecular formula is C21H20N2O4S. The molecule has 144 valence electrons. The minimum Gasteiger partial charge on any atom is -0.495 e. The number of amides is 1. The molecule has 1 N–H and O–H groups in total. The summed E-state index contributed by atoms with van der Waals surface area (Å²) in [6.45, 7) is 0.592. The zero-order valence-corrected chi connectivity index (χ0v) is 16.2. The Balaban J connectivity index is 1.73. The molecule has 0 saturated carbocycles. The van der Waals surface area contributed by atoms with Gasteiger partial charge in [0.15, 0.2) is 0 Å². The summed E-state index contributed by atoms with van der Waals surface area (Å²) in [6, 6.07) is 17.5. The largest absolute Gasteiger partial charge is 0.495 e. The smallest absolute Gasteiger partial charge is 0.262 e. The number of carbonyl (C=O) groups excluding carboxylic acids is 1. The van der Waals surface area contributed by atoms with Crippen molar-refractivity contribution in [2.24, 2.45) is 0 Å². The van der Waals surface area contributed by atoms with Gasteiger partial charge in [0.1, 0.15) is 5.75 Å². The van der Waals surface area contributed by atoms with E-state index in [2.05, 4.69) is 4.72 Å². The van der Waals surface area contributed by atoms with Crippen molar-refractivity contribution in [1.29, 1.82) is 0 Å². The molecule has 6 nitrogen and oxygen atoms in total. The van der Waals surface area contributed by atoms with Gasteiger partial charge in [-0.05, 0) is 36.1 Å². The normalized spacial score (nSPS) is 14.5. The van der Waals surface area contributed by atoms with Gasteiger partial charge in [0.2, 0.25) is 5.91 Å². The molecule has 0 bridgehead atoms. The van der Waals surface area contributed by atoms with Crippen LogP contribution >= 0.6 is 0 Å². The number of anilines is 2. The van der Waals surface area contributed by atoms with E-state index >= 15 is 0 Å². The number of nitrogens with zero attached hydrogens (tertiary/aromatic N) is 1. The van der Waals surface area contributed by atoms with Crippen molar-refractivity contribution in [2.75, 3.05) is 23.3 Å². The van der Waals surface area contributed by atoms with E-state index in [1.165, 1.54) is 7.11 Å². The van der Waals surface area contributed by atoms with Gasteiger partial charge in [0.25, 0.3) is 10.0 Å². The maximum atomic E-state index is 13.0. The van der Waals surface area contributed by atoms with E-state index in [1.54, 1.807) is 41.3 Å². The maximum absolute atomic E-state index is 13.0. The first kappa shape index (κ1) is 18.3. The molecule has 0 unspecified atom stereocenters. The van der Waals surface area contributed by atoms with Crippen LogP contribution in [0.1, 0.15) is 12.8 Å². The third-order valence-corrected chi connectivity index (χ3v) is 6.27. The summed E-state index contributed by atoms with van der Waals surface area (Å²) >= 11 is 0. The van der Waals surface area contributed by atoms with Crippen LogP contribution in [-0.4, -0.2) is 28.0 Å². The van der Waals surface area contributed by atoms with Crippen molar-refractivity contribution in [1.82, 2.24) is 0 Å². The third kappa shape index (κ3) is 3.29. The van der Waals surface area contributed by atoms with Crippen LogP contribution in [-0.2, 0) is 14.8 Å². The van der Waals surface area contributed by atoms with Crippen molar-refractivity contribution in [3.8, 4) is 5.75 Å². The second-order valence-electron chi connectivity index (χ2n) is 6.62. The van der Waals surface area contributed by atoms with Crippen LogP contribution in [0, 0.1) is 0 Å². The molecule has 7 heteroatoms. The lowest BCUT2D eigenvalue weighted by atomic mass is 10.1. The molecule has 28 heavy (non-hydrogen) atoms. The van der Waals surface area contributed by atoms with E-state index in [4.69, 9.17) is 4.74 Å². The lowest BCUT2D eigenvalue weighted by molar-refractivity contribution is -0.117. The molecule has 1 aliphatic heterocycles. The van der Waals surface area contributed by atoms with Crippen LogP contribution < -0.4 is 14.4 Å². The molecular weight excluding hydrogens is 376 g/mol. The SMILES string of the molecule is COc1ccc(NS(=O)(=O)c2cccc3ccccc23)cc1N1CCCC1=O. The summed E-state index contributed by atoms with van der Waals surface area (Å²) < 4.78 is 34.1. The summed E-state index contributed by atoms with van der Waals surface area (Å²) in [4.78, 5) is 14.0. The topological polar surface area (TPSA) is 75.7 Å². The average molecular weight is 396 g/mol. The van der Waals surface area contributed by atoms with Crippen molar-refractivity contribution in [2.45, 2.75) is 17.7 Å². The monoisotopic (exact) mass is 396 g/mol. The highest BCUT2D eigenvalue weighted by atomic mass is 32.2. The van der Waals surface area contributed by atoms with Crippen LogP contribution in [0.25, 0.3) is 10.8 Å². The minimum atomic E-state index is -3.81. The van der Waals surface area contributed by atoms with Gasteiger partial charge in [-0.1, -0.05) is 36.4 Å². The number of carbonyl (C=O) groups is 1. The molecule has 0 radical (unpaired) electrons. The highest BCUT2D eigenvalue weighted by molar-refractivity contribution is 7.93. The molecule has 1 fully saturated rings. The molecule has 1 amide bonds. The fraction of sp³-hybridized carbons (Fsp3) is 0.190. The Morgan fingerprint density at radius 1 is 1.04 bits per heavy atom. The zero-order chi connectivity index (χ0) is 19.7.